The molecule has 0 bridgehead atoms. The maximum atomic E-state index is 13.7. The molecule has 0 heterocycles. The molecule has 2 rings (SSSR count). The van der Waals surface area contributed by atoms with Crippen molar-refractivity contribution in [1.82, 2.24) is 0 Å². The van der Waals surface area contributed by atoms with Gasteiger partial charge in [0, 0.05) is 10.6 Å². The zero-order chi connectivity index (χ0) is 17.7. The van der Waals surface area contributed by atoms with E-state index in [9.17, 15) is 18.0 Å². The van der Waals surface area contributed by atoms with Gasteiger partial charge in [-0.25, -0.2) is 4.39 Å². The van der Waals surface area contributed by atoms with Gasteiger partial charge in [-0.2, -0.15) is 8.78 Å². The van der Waals surface area contributed by atoms with Crippen LogP contribution in [0.15, 0.2) is 36.4 Å². The maximum Gasteiger partial charge on any atom is 0.387 e. The molecule has 2 aromatic carbocycles. The van der Waals surface area contributed by atoms with E-state index in [4.69, 9.17) is 16.3 Å². The number of halogens is 4. The van der Waals surface area contributed by atoms with Crippen molar-refractivity contribution in [2.45, 2.75) is 13.5 Å². The Morgan fingerprint density at radius 2 is 1.96 bits per heavy atom. The van der Waals surface area contributed by atoms with Crippen molar-refractivity contribution >= 4 is 23.2 Å². The largest absolute Gasteiger partial charge is 0.490 e. The van der Waals surface area contributed by atoms with Gasteiger partial charge >= 0.3 is 6.61 Å². The molecule has 0 atom stereocenters. The van der Waals surface area contributed by atoms with Crippen LogP contribution >= 0.6 is 11.6 Å². The van der Waals surface area contributed by atoms with Crippen LogP contribution < -0.4 is 14.8 Å². The predicted octanol–water partition coefficient (Wildman–Crippen LogP) is 4.73. The quantitative estimate of drug-likeness (QED) is 0.811. The summed E-state index contributed by atoms with van der Waals surface area (Å²) < 4.78 is 47.9. The average molecular weight is 360 g/mol. The second-order valence-corrected chi connectivity index (χ2v) is 4.99. The summed E-state index contributed by atoms with van der Waals surface area (Å²) in [6, 6.07) is 7.49. The van der Waals surface area contributed by atoms with Gasteiger partial charge in [-0.15, -0.1) is 0 Å². The third-order valence-electron chi connectivity index (χ3n) is 2.90. The van der Waals surface area contributed by atoms with Crippen LogP contribution in [0.2, 0.25) is 5.02 Å². The van der Waals surface area contributed by atoms with Crippen molar-refractivity contribution in [2.75, 3.05) is 11.9 Å². The minimum Gasteiger partial charge on any atom is -0.490 e. The molecule has 0 saturated heterocycles. The molecular weight excluding hydrogens is 347 g/mol. The van der Waals surface area contributed by atoms with Gasteiger partial charge in [-0.1, -0.05) is 11.6 Å². The van der Waals surface area contributed by atoms with E-state index in [0.29, 0.717) is 0 Å². The van der Waals surface area contributed by atoms with Crippen LogP contribution in [0.5, 0.6) is 11.5 Å². The lowest BCUT2D eigenvalue weighted by molar-refractivity contribution is -0.0514. The molecule has 0 aliphatic carbocycles. The number of hydrogen-bond acceptors (Lipinski definition) is 3. The summed E-state index contributed by atoms with van der Waals surface area (Å²) in [5.41, 5.74) is 0.0321. The fourth-order valence-electron chi connectivity index (χ4n) is 1.90. The first-order valence-electron chi connectivity index (χ1n) is 6.88. The summed E-state index contributed by atoms with van der Waals surface area (Å²) >= 11 is 5.64. The van der Waals surface area contributed by atoms with Gasteiger partial charge in [-0.05, 0) is 43.3 Å². The Morgan fingerprint density at radius 3 is 2.58 bits per heavy atom. The number of rotatable bonds is 6. The molecule has 0 fully saturated rings. The topological polar surface area (TPSA) is 47.6 Å². The molecule has 0 saturated carbocycles. The van der Waals surface area contributed by atoms with E-state index >= 15 is 0 Å². The third kappa shape index (κ3) is 4.55. The Balaban J connectivity index is 2.23. The van der Waals surface area contributed by atoms with Gasteiger partial charge in [0.1, 0.15) is 5.82 Å². The van der Waals surface area contributed by atoms with Crippen molar-refractivity contribution < 1.29 is 27.4 Å². The first kappa shape index (κ1) is 17.9. The van der Waals surface area contributed by atoms with Crippen LogP contribution in [-0.4, -0.2) is 19.1 Å². The zero-order valence-electron chi connectivity index (χ0n) is 12.5. The maximum absolute atomic E-state index is 13.7. The smallest absolute Gasteiger partial charge is 0.387 e. The lowest BCUT2D eigenvalue weighted by Crippen LogP contribution is -2.13. The van der Waals surface area contributed by atoms with Crippen molar-refractivity contribution in [2.24, 2.45) is 0 Å². The molecule has 0 aliphatic heterocycles. The number of carbonyl (C=O) groups excluding carboxylic acids is 1. The molecule has 24 heavy (non-hydrogen) atoms. The average Bonchev–Trinajstić information content (AvgIpc) is 2.51. The Bertz CT molecular complexity index is 741. The van der Waals surface area contributed by atoms with E-state index < -0.39 is 18.3 Å². The Hall–Kier alpha value is -2.41. The Kier molecular flexibility index (Phi) is 5.92. The second-order valence-electron chi connectivity index (χ2n) is 4.55. The number of alkyl halides is 2. The molecule has 2 aromatic rings. The summed E-state index contributed by atoms with van der Waals surface area (Å²) in [5, 5.41) is 2.56. The summed E-state index contributed by atoms with van der Waals surface area (Å²) in [6.07, 6.45) is 0. The van der Waals surface area contributed by atoms with Crippen LogP contribution in [0.3, 0.4) is 0 Å². The highest BCUT2D eigenvalue weighted by Gasteiger charge is 2.15. The molecule has 1 N–H and O–H groups in total. The first-order valence-corrected chi connectivity index (χ1v) is 7.26. The highest BCUT2D eigenvalue weighted by Crippen LogP contribution is 2.30. The molecule has 0 aliphatic rings. The van der Waals surface area contributed by atoms with Crippen molar-refractivity contribution in [3.05, 3.63) is 52.8 Å². The number of hydrogen-bond donors (Lipinski definition) is 1. The van der Waals surface area contributed by atoms with Crippen LogP contribution in [0.25, 0.3) is 0 Å². The summed E-state index contributed by atoms with van der Waals surface area (Å²) in [7, 11) is 0. The van der Waals surface area contributed by atoms with E-state index in [-0.39, 0.29) is 34.4 Å². The molecule has 8 heteroatoms. The fraction of sp³-hybridized carbons (Fsp3) is 0.188. The summed E-state index contributed by atoms with van der Waals surface area (Å²) in [6.45, 7) is -1.18. The number of carbonyl (C=O) groups is 1. The third-order valence-corrected chi connectivity index (χ3v) is 3.14. The van der Waals surface area contributed by atoms with E-state index in [0.717, 1.165) is 6.07 Å². The fourth-order valence-corrected chi connectivity index (χ4v) is 2.06. The van der Waals surface area contributed by atoms with Gasteiger partial charge in [-0.3, -0.25) is 4.79 Å². The summed E-state index contributed by atoms with van der Waals surface area (Å²) in [4.78, 5) is 12.2. The van der Waals surface area contributed by atoms with E-state index in [1.165, 1.54) is 30.3 Å². The van der Waals surface area contributed by atoms with Crippen LogP contribution in [0.4, 0.5) is 18.9 Å². The highest BCUT2D eigenvalue weighted by atomic mass is 35.5. The Morgan fingerprint density at radius 1 is 1.21 bits per heavy atom. The molecule has 0 radical (unpaired) electrons. The SMILES string of the molecule is CCOc1cc(C(=O)Nc2ccc(Cl)cc2F)ccc1OC(F)F. The minimum atomic E-state index is -3.02. The van der Waals surface area contributed by atoms with Crippen LogP contribution in [0.1, 0.15) is 17.3 Å². The van der Waals surface area contributed by atoms with E-state index in [1.54, 1.807) is 6.92 Å². The molecule has 0 spiro atoms. The van der Waals surface area contributed by atoms with Crippen molar-refractivity contribution in [3.8, 4) is 11.5 Å². The van der Waals surface area contributed by atoms with Gasteiger partial charge in [0.05, 0.1) is 12.3 Å². The van der Waals surface area contributed by atoms with E-state index in [1.807, 2.05) is 0 Å². The van der Waals surface area contributed by atoms with Crippen molar-refractivity contribution in [1.29, 1.82) is 0 Å². The number of benzene rings is 2. The zero-order valence-corrected chi connectivity index (χ0v) is 13.2. The second kappa shape index (κ2) is 7.92. The number of ether oxygens (including phenoxy) is 2. The van der Waals surface area contributed by atoms with Crippen molar-refractivity contribution in [3.63, 3.8) is 0 Å². The number of nitrogens with one attached hydrogen (secondary N) is 1. The molecule has 128 valence electrons. The van der Waals surface area contributed by atoms with Gasteiger partial charge in [0.15, 0.2) is 11.5 Å². The summed E-state index contributed by atoms with van der Waals surface area (Å²) in [5.74, 6) is -1.54. The molecule has 0 unspecified atom stereocenters. The first-order chi connectivity index (χ1) is 11.4. The van der Waals surface area contributed by atoms with Crippen LogP contribution in [0, 0.1) is 5.82 Å². The Labute approximate surface area is 141 Å². The molecule has 1 amide bonds. The monoisotopic (exact) mass is 359 g/mol. The highest BCUT2D eigenvalue weighted by molar-refractivity contribution is 6.30. The minimum absolute atomic E-state index is 0.0120. The molecule has 0 aromatic heterocycles. The standard InChI is InChI=1S/C16H13ClF3NO3/c1-2-23-14-7-9(3-6-13(14)24-16(19)20)15(22)21-12-5-4-10(17)8-11(12)18/h3-8,16H,2H2,1H3,(H,21,22). The van der Waals surface area contributed by atoms with E-state index in [2.05, 4.69) is 10.1 Å². The van der Waals surface area contributed by atoms with Gasteiger partial charge < -0.3 is 14.8 Å². The lowest BCUT2D eigenvalue weighted by atomic mass is 10.1. The van der Waals surface area contributed by atoms with Crippen LogP contribution in [-0.2, 0) is 0 Å². The number of anilines is 1. The predicted molar refractivity (Wildman–Crippen MR) is 83.6 cm³/mol. The molecular formula is C16H13ClF3NO3. The number of amides is 1. The molecule has 4 nitrogen and oxygen atoms in total. The lowest BCUT2D eigenvalue weighted by Gasteiger charge is -2.13. The van der Waals surface area contributed by atoms with Gasteiger partial charge in [0.25, 0.3) is 5.91 Å². The van der Waals surface area contributed by atoms with Gasteiger partial charge in [0.2, 0.25) is 0 Å². The normalized spacial score (nSPS) is 10.6.